The monoisotopic (exact) mass is 534 g/mol. The summed E-state index contributed by atoms with van der Waals surface area (Å²) in [7, 11) is 0. The Kier molecular flexibility index (Phi) is 9.06. The molecule has 0 radical (unpaired) electrons. The highest BCUT2D eigenvalue weighted by Crippen LogP contribution is 2.37. The van der Waals surface area contributed by atoms with Crippen LogP contribution < -0.4 is 10.6 Å². The quantitative estimate of drug-likeness (QED) is 0.290. The fraction of sp³-hybridized carbons (Fsp3) is 0.593. The minimum atomic E-state index is -1.27. The van der Waals surface area contributed by atoms with Crippen LogP contribution >= 0.6 is 0 Å². The molecule has 0 bridgehead atoms. The second-order valence-corrected chi connectivity index (χ2v) is 10.8. The normalized spacial score (nSPS) is 25.6. The second kappa shape index (κ2) is 11.7. The molecule has 1 saturated heterocycles. The van der Waals surface area contributed by atoms with Crippen molar-refractivity contribution in [3.05, 3.63) is 42.0 Å². The second-order valence-electron chi connectivity index (χ2n) is 10.8. The number of rotatable bonds is 8. The number of esters is 1. The van der Waals surface area contributed by atoms with E-state index in [1.165, 1.54) is 12.1 Å². The Labute approximate surface area is 222 Å². The number of ether oxygens (including phenoxy) is 4. The van der Waals surface area contributed by atoms with E-state index in [-0.39, 0.29) is 18.8 Å². The van der Waals surface area contributed by atoms with Gasteiger partial charge in [-0.05, 0) is 59.2 Å². The fourth-order valence-corrected chi connectivity index (χ4v) is 4.43. The molecule has 0 spiro atoms. The highest BCUT2D eigenvalue weighted by atomic mass is 16.8. The van der Waals surface area contributed by atoms with Gasteiger partial charge in [0.05, 0.1) is 12.7 Å². The Morgan fingerprint density at radius 3 is 2.34 bits per heavy atom. The third-order valence-corrected chi connectivity index (χ3v) is 6.02. The molecule has 0 saturated carbocycles. The van der Waals surface area contributed by atoms with Gasteiger partial charge in [-0.15, -0.1) is 0 Å². The molecule has 1 aliphatic carbocycles. The number of phenolic OH excluding ortho intramolecular Hbond substituents is 1. The van der Waals surface area contributed by atoms with Crippen molar-refractivity contribution in [1.82, 2.24) is 10.6 Å². The molecular formula is C27H38N2O9. The van der Waals surface area contributed by atoms with Gasteiger partial charge in [-0.3, -0.25) is 4.79 Å². The zero-order chi connectivity index (χ0) is 28.3. The number of alkyl carbamates (subject to hydrolysis) is 1. The topological polar surface area (TPSA) is 153 Å². The van der Waals surface area contributed by atoms with Gasteiger partial charge in [0.15, 0.2) is 5.79 Å². The molecule has 11 nitrogen and oxygen atoms in total. The van der Waals surface area contributed by atoms with Crippen LogP contribution in [0.3, 0.4) is 0 Å². The smallest absolute Gasteiger partial charge is 0.408 e. The summed E-state index contributed by atoms with van der Waals surface area (Å²) >= 11 is 0. The largest absolute Gasteiger partial charge is 0.508 e. The van der Waals surface area contributed by atoms with Gasteiger partial charge >= 0.3 is 12.1 Å². The number of fused-ring (bicyclic) bond motifs is 1. The summed E-state index contributed by atoms with van der Waals surface area (Å²) in [6, 6.07) is 3.73. The Morgan fingerprint density at radius 1 is 1.08 bits per heavy atom. The van der Waals surface area contributed by atoms with E-state index in [9.17, 15) is 24.6 Å². The Hall–Kier alpha value is -3.15. The minimum absolute atomic E-state index is 0.0415. The zero-order valence-corrected chi connectivity index (χ0v) is 22.6. The molecule has 38 heavy (non-hydrogen) atoms. The summed E-state index contributed by atoms with van der Waals surface area (Å²) in [4.78, 5) is 39.0. The summed E-state index contributed by atoms with van der Waals surface area (Å²) in [6.45, 7) is 10.2. The first kappa shape index (κ1) is 29.4. The molecule has 11 heteroatoms. The van der Waals surface area contributed by atoms with Crippen LogP contribution in [-0.2, 0) is 35.0 Å². The number of phenols is 1. The summed E-state index contributed by atoms with van der Waals surface area (Å²) in [5.74, 6) is -3.19. The number of amides is 2. The molecule has 0 unspecified atom stereocenters. The first-order chi connectivity index (χ1) is 17.7. The van der Waals surface area contributed by atoms with E-state index in [1.807, 2.05) is 0 Å². The summed E-state index contributed by atoms with van der Waals surface area (Å²) in [5, 5.41) is 25.9. The van der Waals surface area contributed by atoms with Crippen LogP contribution in [0.4, 0.5) is 4.79 Å². The van der Waals surface area contributed by atoms with Crippen LogP contribution in [0, 0.1) is 5.92 Å². The molecule has 6 atom stereocenters. The minimum Gasteiger partial charge on any atom is -0.508 e. The average molecular weight is 535 g/mol. The van der Waals surface area contributed by atoms with Crippen molar-refractivity contribution < 1.29 is 43.5 Å². The van der Waals surface area contributed by atoms with Gasteiger partial charge in [0.1, 0.15) is 35.6 Å². The van der Waals surface area contributed by atoms with Crippen LogP contribution in [0.25, 0.3) is 0 Å². The Balaban J connectivity index is 1.84. The number of hydrogen-bond donors (Lipinski definition) is 4. The maximum atomic E-state index is 13.5. The third-order valence-electron chi connectivity index (χ3n) is 6.02. The first-order valence-electron chi connectivity index (χ1n) is 12.7. The van der Waals surface area contributed by atoms with E-state index in [2.05, 4.69) is 10.6 Å². The Morgan fingerprint density at radius 2 is 1.74 bits per heavy atom. The number of aromatic hydroxyl groups is 1. The van der Waals surface area contributed by atoms with Gasteiger partial charge in [0, 0.05) is 12.3 Å². The number of carbonyl (C=O) groups is 3. The van der Waals surface area contributed by atoms with E-state index in [1.54, 1.807) is 65.8 Å². The number of nitrogens with one attached hydrogen (secondary N) is 2. The number of aliphatic hydroxyl groups excluding tert-OH is 1. The molecule has 1 aliphatic heterocycles. The lowest BCUT2D eigenvalue weighted by Crippen LogP contribution is -2.58. The lowest BCUT2D eigenvalue weighted by molar-refractivity contribution is -0.160. The van der Waals surface area contributed by atoms with E-state index in [4.69, 9.17) is 18.9 Å². The number of hydrogen-bond acceptors (Lipinski definition) is 9. The highest BCUT2D eigenvalue weighted by Gasteiger charge is 2.50. The maximum absolute atomic E-state index is 13.5. The molecule has 2 aliphatic rings. The number of aliphatic hydroxyl groups is 1. The van der Waals surface area contributed by atoms with E-state index < -0.39 is 65.7 Å². The number of benzene rings is 1. The van der Waals surface area contributed by atoms with Crippen molar-refractivity contribution in [3.63, 3.8) is 0 Å². The van der Waals surface area contributed by atoms with Gasteiger partial charge in [0.2, 0.25) is 5.91 Å². The van der Waals surface area contributed by atoms with Crippen molar-refractivity contribution in [2.24, 2.45) is 5.92 Å². The highest BCUT2D eigenvalue weighted by molar-refractivity contribution is 5.90. The van der Waals surface area contributed by atoms with Crippen LogP contribution in [0.2, 0.25) is 0 Å². The summed E-state index contributed by atoms with van der Waals surface area (Å²) < 4.78 is 22.2. The molecule has 1 aromatic carbocycles. The number of carbonyl (C=O) groups excluding carboxylic acids is 3. The van der Waals surface area contributed by atoms with Gasteiger partial charge in [-0.2, -0.15) is 0 Å². The van der Waals surface area contributed by atoms with E-state index in [0.29, 0.717) is 5.56 Å². The molecule has 210 valence electrons. The molecule has 2 amide bonds. The standard InChI is InChI=1S/C27H38N2O9/c1-7-35-24(33)20(17-12-13-19-22(21(17)31)37-27(5,6)36-19)29-23(32)18(28-25(34)38-26(2,3)4)14-15-8-10-16(30)11-9-15/h8-13,17-22,30-31H,7,14H2,1-6H3,(H,28,34)(H,29,32)/t17-,18-,19-,20-,21-,22-/m0/s1. The zero-order valence-electron chi connectivity index (χ0n) is 22.6. The van der Waals surface area contributed by atoms with Gasteiger partial charge in [-0.25, -0.2) is 9.59 Å². The third kappa shape index (κ3) is 7.68. The maximum Gasteiger partial charge on any atom is 0.408 e. The molecule has 0 aromatic heterocycles. The molecule has 4 N–H and O–H groups in total. The van der Waals surface area contributed by atoms with Crippen molar-refractivity contribution in [3.8, 4) is 5.75 Å². The van der Waals surface area contributed by atoms with Crippen molar-refractivity contribution >= 4 is 18.0 Å². The molecule has 1 fully saturated rings. The lowest BCUT2D eigenvalue weighted by Gasteiger charge is -2.35. The summed E-state index contributed by atoms with van der Waals surface area (Å²) in [5.41, 5.74) is -0.159. The lowest BCUT2D eigenvalue weighted by atomic mass is 9.83. The van der Waals surface area contributed by atoms with Crippen molar-refractivity contribution in [2.45, 2.75) is 89.7 Å². The molecule has 1 heterocycles. The summed E-state index contributed by atoms with van der Waals surface area (Å²) in [6.07, 6.45) is 0.0860. The van der Waals surface area contributed by atoms with Crippen LogP contribution in [0.15, 0.2) is 36.4 Å². The van der Waals surface area contributed by atoms with Gasteiger partial charge in [-0.1, -0.05) is 24.3 Å². The molecule has 3 rings (SSSR count). The first-order valence-corrected chi connectivity index (χ1v) is 12.7. The van der Waals surface area contributed by atoms with Crippen molar-refractivity contribution in [1.29, 1.82) is 0 Å². The average Bonchev–Trinajstić information content (AvgIpc) is 3.13. The Bertz CT molecular complexity index is 1030. The van der Waals surface area contributed by atoms with E-state index in [0.717, 1.165) is 0 Å². The fourth-order valence-electron chi connectivity index (χ4n) is 4.43. The van der Waals surface area contributed by atoms with Gasteiger partial charge < -0.3 is 39.8 Å². The predicted molar refractivity (Wildman–Crippen MR) is 136 cm³/mol. The van der Waals surface area contributed by atoms with Gasteiger partial charge in [0.25, 0.3) is 0 Å². The SMILES string of the molecule is CCOC(=O)[C@@H](NC(=O)[C@H](Cc1ccc(O)cc1)NC(=O)OC(C)(C)C)[C@@H]1C=C[C@@H]2OC(C)(C)O[C@@H]2[C@H]1O. The predicted octanol–water partition coefficient (Wildman–Crippen LogP) is 1.94. The van der Waals surface area contributed by atoms with Crippen molar-refractivity contribution in [2.75, 3.05) is 6.61 Å². The van der Waals surface area contributed by atoms with E-state index >= 15 is 0 Å². The van der Waals surface area contributed by atoms with Crippen LogP contribution in [0.1, 0.15) is 47.1 Å². The van der Waals surface area contributed by atoms with Crippen LogP contribution in [0.5, 0.6) is 5.75 Å². The van der Waals surface area contributed by atoms with Crippen LogP contribution in [-0.4, -0.2) is 76.6 Å². The molecule has 1 aromatic rings. The molecular weight excluding hydrogens is 496 g/mol.